The second-order valence-electron chi connectivity index (χ2n) is 9.22. The van der Waals surface area contributed by atoms with Crippen molar-refractivity contribution < 1.29 is 9.53 Å². The van der Waals surface area contributed by atoms with Crippen molar-refractivity contribution in [3.8, 4) is 11.5 Å². The third-order valence-electron chi connectivity index (χ3n) is 6.53. The van der Waals surface area contributed by atoms with E-state index < -0.39 is 0 Å². The Labute approximate surface area is 227 Å². The lowest BCUT2D eigenvalue weighted by Crippen LogP contribution is -2.26. The minimum atomic E-state index is -0.239. The van der Waals surface area contributed by atoms with Crippen LogP contribution in [0.4, 0.5) is 17.3 Å². The van der Waals surface area contributed by atoms with E-state index in [1.807, 2.05) is 52.7 Å². The SMILES string of the molecule is CCN(C)c1ccc(Nc2nc3cc(Oc4ccnc(C(=O)NCCCn5ccnc5)c4)ccc3n2C)cc1. The number of rotatable bonds is 11. The molecule has 1 amide bonds. The maximum atomic E-state index is 12.6. The topological polar surface area (TPSA) is 102 Å². The number of nitrogens with one attached hydrogen (secondary N) is 2. The summed E-state index contributed by atoms with van der Waals surface area (Å²) in [7, 11) is 4.04. The van der Waals surface area contributed by atoms with E-state index in [2.05, 4.69) is 51.6 Å². The number of nitrogens with zero attached hydrogens (tertiary/aromatic N) is 6. The van der Waals surface area contributed by atoms with Crippen LogP contribution < -0.4 is 20.3 Å². The highest BCUT2D eigenvalue weighted by Crippen LogP contribution is 2.28. The monoisotopic (exact) mass is 524 g/mol. The van der Waals surface area contributed by atoms with Crippen LogP contribution in [0.3, 0.4) is 0 Å². The number of carbonyl (C=O) groups excluding carboxylic acids is 1. The van der Waals surface area contributed by atoms with Gasteiger partial charge in [-0.05, 0) is 55.8 Å². The maximum Gasteiger partial charge on any atom is 0.270 e. The van der Waals surface area contributed by atoms with Crippen molar-refractivity contribution in [2.45, 2.75) is 19.9 Å². The van der Waals surface area contributed by atoms with Gasteiger partial charge in [-0.1, -0.05) is 0 Å². The third kappa shape index (κ3) is 6.18. The Balaban J connectivity index is 1.23. The average molecular weight is 525 g/mol. The Bertz CT molecular complexity index is 1540. The molecule has 0 radical (unpaired) electrons. The second kappa shape index (κ2) is 11.7. The summed E-state index contributed by atoms with van der Waals surface area (Å²) in [4.78, 5) is 27.7. The van der Waals surface area contributed by atoms with Gasteiger partial charge in [-0.2, -0.15) is 0 Å². The van der Waals surface area contributed by atoms with E-state index in [9.17, 15) is 4.79 Å². The van der Waals surface area contributed by atoms with E-state index in [0.29, 0.717) is 23.7 Å². The number of aryl methyl sites for hydroxylation is 2. The molecule has 3 aromatic heterocycles. The maximum absolute atomic E-state index is 12.6. The van der Waals surface area contributed by atoms with Crippen molar-refractivity contribution in [2.24, 2.45) is 7.05 Å². The predicted octanol–water partition coefficient (Wildman–Crippen LogP) is 4.98. The highest BCUT2D eigenvalue weighted by Gasteiger charge is 2.12. The fourth-order valence-electron chi connectivity index (χ4n) is 4.17. The molecule has 2 aromatic carbocycles. The number of hydrogen-bond acceptors (Lipinski definition) is 7. The molecule has 0 unspecified atom stereocenters. The number of imidazole rings is 2. The zero-order valence-corrected chi connectivity index (χ0v) is 22.3. The first-order valence-electron chi connectivity index (χ1n) is 12.9. The molecule has 0 saturated carbocycles. The zero-order chi connectivity index (χ0) is 27.2. The summed E-state index contributed by atoms with van der Waals surface area (Å²) in [6.07, 6.45) is 7.76. The Morgan fingerprint density at radius 2 is 1.87 bits per heavy atom. The number of hydrogen-bond donors (Lipinski definition) is 2. The number of benzene rings is 2. The number of carbonyl (C=O) groups is 1. The molecule has 10 heteroatoms. The quantitative estimate of drug-likeness (QED) is 0.235. The van der Waals surface area contributed by atoms with E-state index in [1.54, 1.807) is 30.9 Å². The molecule has 0 saturated heterocycles. The van der Waals surface area contributed by atoms with Gasteiger partial charge in [0.25, 0.3) is 5.91 Å². The summed E-state index contributed by atoms with van der Waals surface area (Å²) >= 11 is 0. The third-order valence-corrected chi connectivity index (χ3v) is 6.53. The van der Waals surface area contributed by atoms with Crippen molar-refractivity contribution in [3.05, 3.63) is 85.2 Å². The van der Waals surface area contributed by atoms with Gasteiger partial charge in [-0.3, -0.25) is 9.78 Å². The van der Waals surface area contributed by atoms with Crippen molar-refractivity contribution in [1.29, 1.82) is 0 Å². The van der Waals surface area contributed by atoms with Gasteiger partial charge in [0.2, 0.25) is 5.95 Å². The molecule has 0 spiro atoms. The Kier molecular flexibility index (Phi) is 7.72. The fraction of sp³-hybridized carbons (Fsp3) is 0.241. The lowest BCUT2D eigenvalue weighted by Gasteiger charge is -2.17. The van der Waals surface area contributed by atoms with Crippen LogP contribution in [0.5, 0.6) is 11.5 Å². The van der Waals surface area contributed by atoms with E-state index in [1.165, 1.54) is 0 Å². The van der Waals surface area contributed by atoms with Gasteiger partial charge in [0.05, 0.1) is 17.4 Å². The molecule has 0 bridgehead atoms. The first-order valence-corrected chi connectivity index (χ1v) is 12.9. The predicted molar refractivity (Wildman–Crippen MR) is 153 cm³/mol. The van der Waals surface area contributed by atoms with Gasteiger partial charge in [-0.15, -0.1) is 0 Å². The van der Waals surface area contributed by atoms with Crippen molar-refractivity contribution in [3.63, 3.8) is 0 Å². The smallest absolute Gasteiger partial charge is 0.270 e. The summed E-state index contributed by atoms with van der Waals surface area (Å²) in [5.41, 5.74) is 4.19. The molecular weight excluding hydrogens is 492 g/mol. The number of amides is 1. The van der Waals surface area contributed by atoms with Gasteiger partial charge in [-0.25, -0.2) is 9.97 Å². The number of ether oxygens (including phenoxy) is 1. The molecule has 3 heterocycles. The van der Waals surface area contributed by atoms with Gasteiger partial charge < -0.3 is 29.4 Å². The van der Waals surface area contributed by atoms with Crippen LogP contribution in [0.2, 0.25) is 0 Å². The molecule has 0 atom stereocenters. The Morgan fingerprint density at radius 3 is 2.64 bits per heavy atom. The summed E-state index contributed by atoms with van der Waals surface area (Å²) in [5, 5.41) is 6.30. The summed E-state index contributed by atoms with van der Waals surface area (Å²) in [6.45, 7) is 4.40. The highest BCUT2D eigenvalue weighted by atomic mass is 16.5. The van der Waals surface area contributed by atoms with E-state index in [-0.39, 0.29) is 5.91 Å². The lowest BCUT2D eigenvalue weighted by atomic mass is 10.2. The number of pyridine rings is 1. The number of anilines is 3. The fourth-order valence-corrected chi connectivity index (χ4v) is 4.17. The van der Waals surface area contributed by atoms with E-state index in [4.69, 9.17) is 9.72 Å². The van der Waals surface area contributed by atoms with Crippen LogP contribution in [0.25, 0.3) is 11.0 Å². The Hall–Kier alpha value is -4.86. The normalized spacial score (nSPS) is 10.9. The molecule has 0 fully saturated rings. The summed E-state index contributed by atoms with van der Waals surface area (Å²) in [6, 6.07) is 17.4. The van der Waals surface area contributed by atoms with Crippen LogP contribution in [0.15, 0.2) is 79.5 Å². The molecule has 200 valence electrons. The van der Waals surface area contributed by atoms with Crippen molar-refractivity contribution >= 4 is 34.3 Å². The molecule has 2 N–H and O–H groups in total. The summed E-state index contributed by atoms with van der Waals surface area (Å²) in [5.74, 6) is 1.64. The molecule has 0 aliphatic rings. The van der Waals surface area contributed by atoms with E-state index >= 15 is 0 Å². The van der Waals surface area contributed by atoms with E-state index in [0.717, 1.165) is 47.9 Å². The van der Waals surface area contributed by atoms with Crippen LogP contribution in [-0.4, -0.2) is 50.1 Å². The minimum absolute atomic E-state index is 0.239. The van der Waals surface area contributed by atoms with Crippen LogP contribution in [-0.2, 0) is 13.6 Å². The first kappa shape index (κ1) is 25.8. The molecule has 5 rings (SSSR count). The van der Waals surface area contributed by atoms with Crippen molar-refractivity contribution in [1.82, 2.24) is 29.4 Å². The van der Waals surface area contributed by atoms with Gasteiger partial charge >= 0.3 is 0 Å². The van der Waals surface area contributed by atoms with Crippen molar-refractivity contribution in [2.75, 3.05) is 30.4 Å². The molecular formula is C29H32N8O2. The lowest BCUT2D eigenvalue weighted by molar-refractivity contribution is 0.0947. The molecule has 0 aliphatic heterocycles. The minimum Gasteiger partial charge on any atom is -0.457 e. The molecule has 39 heavy (non-hydrogen) atoms. The molecule has 0 aliphatic carbocycles. The van der Waals surface area contributed by atoms with Crippen LogP contribution in [0.1, 0.15) is 23.8 Å². The first-order chi connectivity index (χ1) is 19.0. The molecule has 5 aromatic rings. The largest absolute Gasteiger partial charge is 0.457 e. The van der Waals surface area contributed by atoms with Gasteiger partial charge in [0.1, 0.15) is 17.2 Å². The highest BCUT2D eigenvalue weighted by molar-refractivity contribution is 5.92. The standard InChI is InChI=1S/C29H32N8O2/c1-4-35(2)22-8-6-21(7-9-22)33-29-34-25-18-23(10-11-27(25)36(29)3)39-24-12-14-31-26(19-24)28(38)32-13-5-16-37-17-15-30-20-37/h6-12,14-15,17-20H,4-5,13,16H2,1-3H3,(H,32,38)(H,33,34). The zero-order valence-electron chi connectivity index (χ0n) is 22.3. The van der Waals surface area contributed by atoms with Crippen LogP contribution in [0, 0.1) is 0 Å². The Morgan fingerprint density at radius 1 is 1.05 bits per heavy atom. The number of aromatic nitrogens is 5. The van der Waals surface area contributed by atoms with Crippen LogP contribution >= 0.6 is 0 Å². The molecule has 10 nitrogen and oxygen atoms in total. The number of fused-ring (bicyclic) bond motifs is 1. The average Bonchev–Trinajstić information content (AvgIpc) is 3.59. The second-order valence-corrected chi connectivity index (χ2v) is 9.22. The van der Waals surface area contributed by atoms with Gasteiger partial charge in [0, 0.05) is 75.8 Å². The van der Waals surface area contributed by atoms with Gasteiger partial charge in [0.15, 0.2) is 0 Å². The summed E-state index contributed by atoms with van der Waals surface area (Å²) < 4.78 is 10.0.